The van der Waals surface area contributed by atoms with E-state index in [9.17, 15) is 4.79 Å². The zero-order chi connectivity index (χ0) is 16.4. The summed E-state index contributed by atoms with van der Waals surface area (Å²) in [7, 11) is 0. The van der Waals surface area contributed by atoms with Crippen molar-refractivity contribution in [2.45, 2.75) is 32.7 Å². The summed E-state index contributed by atoms with van der Waals surface area (Å²) in [6.07, 6.45) is 4.07. The van der Waals surface area contributed by atoms with Crippen molar-refractivity contribution in [2.24, 2.45) is 5.92 Å². The normalized spacial score (nSPS) is 15.3. The van der Waals surface area contributed by atoms with E-state index in [0.717, 1.165) is 22.7 Å². The standard InChI is InChI=1S/C16H18ClN3O2S/c1-3-22-15-11(6-7-12(17)19-15)14(21)20-13(10-4-5-10)16-18-8-9(2)23-16/h6-8,10,13H,3-5H2,1-2H3,(H,20,21)/t13-/m1/s1. The fourth-order valence-corrected chi connectivity index (χ4v) is 3.44. The molecular formula is C16H18ClN3O2S. The van der Waals surface area contributed by atoms with Crippen LogP contribution in [-0.2, 0) is 0 Å². The van der Waals surface area contributed by atoms with Crippen molar-refractivity contribution in [1.29, 1.82) is 0 Å². The molecule has 1 atom stereocenters. The molecule has 7 heteroatoms. The Balaban J connectivity index is 1.82. The van der Waals surface area contributed by atoms with Crippen LogP contribution in [0.15, 0.2) is 18.3 Å². The van der Waals surface area contributed by atoms with E-state index in [2.05, 4.69) is 15.3 Å². The molecule has 0 aromatic carbocycles. The van der Waals surface area contributed by atoms with Crippen molar-refractivity contribution in [2.75, 3.05) is 6.61 Å². The number of rotatable bonds is 6. The lowest BCUT2D eigenvalue weighted by molar-refractivity contribution is 0.0927. The van der Waals surface area contributed by atoms with Gasteiger partial charge in [0.1, 0.15) is 15.7 Å². The molecule has 2 aromatic rings. The van der Waals surface area contributed by atoms with Gasteiger partial charge >= 0.3 is 0 Å². The summed E-state index contributed by atoms with van der Waals surface area (Å²) in [6.45, 7) is 4.28. The molecule has 1 N–H and O–H groups in total. The lowest BCUT2D eigenvalue weighted by atomic mass is 10.1. The van der Waals surface area contributed by atoms with E-state index in [1.54, 1.807) is 23.5 Å². The highest BCUT2D eigenvalue weighted by Crippen LogP contribution is 2.42. The number of nitrogens with one attached hydrogen (secondary N) is 1. The molecule has 1 aliphatic carbocycles. The number of amides is 1. The van der Waals surface area contributed by atoms with Crippen LogP contribution in [0.25, 0.3) is 0 Å². The first-order valence-electron chi connectivity index (χ1n) is 7.61. The molecule has 0 aliphatic heterocycles. The molecule has 23 heavy (non-hydrogen) atoms. The number of aryl methyl sites for hydroxylation is 1. The predicted octanol–water partition coefficient (Wildman–Crippen LogP) is 3.78. The summed E-state index contributed by atoms with van der Waals surface area (Å²) in [6, 6.07) is 3.19. The smallest absolute Gasteiger partial charge is 0.257 e. The van der Waals surface area contributed by atoms with Crippen LogP contribution in [0.3, 0.4) is 0 Å². The van der Waals surface area contributed by atoms with Crippen LogP contribution < -0.4 is 10.1 Å². The van der Waals surface area contributed by atoms with Gasteiger partial charge in [-0.3, -0.25) is 4.79 Å². The second kappa shape index (κ2) is 6.84. The van der Waals surface area contributed by atoms with Gasteiger partial charge in [0.2, 0.25) is 5.88 Å². The minimum Gasteiger partial charge on any atom is -0.477 e. The van der Waals surface area contributed by atoms with Gasteiger partial charge in [-0.15, -0.1) is 11.3 Å². The van der Waals surface area contributed by atoms with Crippen LogP contribution in [0.4, 0.5) is 0 Å². The van der Waals surface area contributed by atoms with Gasteiger partial charge in [0, 0.05) is 11.1 Å². The van der Waals surface area contributed by atoms with Crippen LogP contribution in [0, 0.1) is 12.8 Å². The van der Waals surface area contributed by atoms with E-state index >= 15 is 0 Å². The van der Waals surface area contributed by atoms with E-state index in [1.165, 1.54) is 0 Å². The maximum atomic E-state index is 12.7. The first-order valence-corrected chi connectivity index (χ1v) is 8.80. The number of hydrogen-bond donors (Lipinski definition) is 1. The molecule has 122 valence electrons. The maximum absolute atomic E-state index is 12.7. The highest BCUT2D eigenvalue weighted by atomic mass is 35.5. The van der Waals surface area contributed by atoms with Gasteiger partial charge in [0.05, 0.1) is 12.6 Å². The Morgan fingerprint density at radius 1 is 1.52 bits per heavy atom. The van der Waals surface area contributed by atoms with Crippen molar-refractivity contribution in [3.05, 3.63) is 38.9 Å². The average molecular weight is 352 g/mol. The fourth-order valence-electron chi connectivity index (χ4n) is 2.38. The monoisotopic (exact) mass is 351 g/mol. The summed E-state index contributed by atoms with van der Waals surface area (Å²) in [5.74, 6) is 0.519. The maximum Gasteiger partial charge on any atom is 0.257 e. The number of carbonyl (C=O) groups is 1. The molecule has 1 amide bonds. The number of aromatic nitrogens is 2. The van der Waals surface area contributed by atoms with E-state index in [0.29, 0.717) is 23.2 Å². The number of thiazole rings is 1. The van der Waals surface area contributed by atoms with Crippen LogP contribution >= 0.6 is 22.9 Å². The number of carbonyl (C=O) groups excluding carboxylic acids is 1. The number of halogens is 1. The van der Waals surface area contributed by atoms with Crippen LogP contribution in [0.5, 0.6) is 5.88 Å². The molecule has 0 bridgehead atoms. The van der Waals surface area contributed by atoms with E-state index in [-0.39, 0.29) is 17.8 Å². The molecule has 3 rings (SSSR count). The average Bonchev–Trinajstić information content (AvgIpc) is 3.26. The largest absolute Gasteiger partial charge is 0.477 e. The van der Waals surface area contributed by atoms with Crippen molar-refractivity contribution in [3.63, 3.8) is 0 Å². The predicted molar refractivity (Wildman–Crippen MR) is 90.2 cm³/mol. The fraction of sp³-hybridized carbons (Fsp3) is 0.438. The molecular weight excluding hydrogens is 334 g/mol. The van der Waals surface area contributed by atoms with E-state index in [4.69, 9.17) is 16.3 Å². The molecule has 0 saturated heterocycles. The highest BCUT2D eigenvalue weighted by Gasteiger charge is 2.35. The third-order valence-corrected chi connectivity index (χ3v) is 4.84. The van der Waals surface area contributed by atoms with Gasteiger partial charge < -0.3 is 10.1 Å². The first-order chi connectivity index (χ1) is 11.1. The summed E-state index contributed by atoms with van der Waals surface area (Å²) < 4.78 is 5.44. The number of ether oxygens (including phenoxy) is 1. The van der Waals surface area contributed by atoms with Crippen LogP contribution in [0.2, 0.25) is 5.15 Å². The highest BCUT2D eigenvalue weighted by molar-refractivity contribution is 7.11. The lowest BCUT2D eigenvalue weighted by Gasteiger charge is -2.17. The zero-order valence-electron chi connectivity index (χ0n) is 13.0. The Hall–Kier alpha value is -1.66. The Morgan fingerprint density at radius 2 is 2.30 bits per heavy atom. The Morgan fingerprint density at radius 3 is 2.91 bits per heavy atom. The molecule has 1 aliphatic rings. The molecule has 2 heterocycles. The second-order valence-corrected chi connectivity index (χ2v) is 7.17. The SMILES string of the molecule is CCOc1nc(Cl)ccc1C(=O)N[C@@H](c1ncc(C)s1)C1CC1. The summed E-state index contributed by atoms with van der Waals surface area (Å²) in [5.41, 5.74) is 0.398. The van der Waals surface area contributed by atoms with Gasteiger partial charge in [-0.25, -0.2) is 9.97 Å². The molecule has 5 nitrogen and oxygen atoms in total. The topological polar surface area (TPSA) is 64.1 Å². The van der Waals surface area contributed by atoms with Gasteiger partial charge in [-0.1, -0.05) is 11.6 Å². The van der Waals surface area contributed by atoms with E-state index in [1.807, 2.05) is 20.0 Å². The number of nitrogens with zero attached hydrogens (tertiary/aromatic N) is 2. The minimum absolute atomic E-state index is 0.0497. The van der Waals surface area contributed by atoms with Gasteiger partial charge in [-0.05, 0) is 44.7 Å². The molecule has 1 saturated carbocycles. The van der Waals surface area contributed by atoms with Gasteiger partial charge in [0.25, 0.3) is 5.91 Å². The van der Waals surface area contributed by atoms with Crippen molar-refractivity contribution < 1.29 is 9.53 Å². The van der Waals surface area contributed by atoms with Crippen molar-refractivity contribution >= 4 is 28.8 Å². The zero-order valence-corrected chi connectivity index (χ0v) is 14.6. The molecule has 0 radical (unpaired) electrons. The van der Waals surface area contributed by atoms with Crippen LogP contribution in [-0.4, -0.2) is 22.5 Å². The molecule has 1 fully saturated rings. The minimum atomic E-state index is -0.206. The summed E-state index contributed by atoms with van der Waals surface area (Å²) >= 11 is 7.52. The quantitative estimate of drug-likeness (QED) is 0.804. The second-order valence-electron chi connectivity index (χ2n) is 5.52. The number of hydrogen-bond acceptors (Lipinski definition) is 5. The van der Waals surface area contributed by atoms with Crippen molar-refractivity contribution in [3.8, 4) is 5.88 Å². The summed E-state index contributed by atoms with van der Waals surface area (Å²) in [4.78, 5) is 22.3. The lowest BCUT2D eigenvalue weighted by Crippen LogP contribution is -2.30. The van der Waals surface area contributed by atoms with Crippen molar-refractivity contribution in [1.82, 2.24) is 15.3 Å². The van der Waals surface area contributed by atoms with Gasteiger partial charge in [0.15, 0.2) is 0 Å². The van der Waals surface area contributed by atoms with Gasteiger partial charge in [-0.2, -0.15) is 0 Å². The van der Waals surface area contributed by atoms with Crippen LogP contribution in [0.1, 0.15) is 46.0 Å². The van der Waals surface area contributed by atoms with E-state index < -0.39 is 0 Å². The third kappa shape index (κ3) is 3.82. The first kappa shape index (κ1) is 16.2. The molecule has 2 aromatic heterocycles. The third-order valence-electron chi connectivity index (χ3n) is 3.64. The summed E-state index contributed by atoms with van der Waals surface area (Å²) in [5, 5.41) is 4.35. The Bertz CT molecular complexity index is 715. The Kier molecular flexibility index (Phi) is 4.82. The number of pyridine rings is 1. The molecule has 0 spiro atoms. The molecule has 0 unspecified atom stereocenters. The Labute approximate surface area is 144 Å².